The molecule has 0 spiro atoms. The van der Waals surface area contributed by atoms with Gasteiger partial charge >= 0.3 is 14.2 Å². The van der Waals surface area contributed by atoms with Gasteiger partial charge in [-0.3, -0.25) is 29.9 Å². The highest BCUT2D eigenvalue weighted by Crippen LogP contribution is 2.42. The summed E-state index contributed by atoms with van der Waals surface area (Å²) in [5, 5.41) is 0. The van der Waals surface area contributed by atoms with Crippen molar-refractivity contribution in [2.24, 2.45) is 0 Å². The summed E-state index contributed by atoms with van der Waals surface area (Å²) in [6.07, 6.45) is 10.7. The van der Waals surface area contributed by atoms with Gasteiger partial charge in [-0.05, 0) is 228 Å². The predicted molar refractivity (Wildman–Crippen MR) is 486 cm³/mol. The van der Waals surface area contributed by atoms with Crippen LogP contribution in [0.3, 0.4) is 0 Å². The van der Waals surface area contributed by atoms with Crippen LogP contribution in [0.1, 0.15) is 55.4 Å². The molecule has 2 aliphatic rings. The Hall–Kier alpha value is -13.7. The number of hydrogen-bond donors (Lipinski definition) is 0. The van der Waals surface area contributed by atoms with E-state index in [1.54, 1.807) is 37.2 Å². The molecule has 2 saturated heterocycles. The smallest absolute Gasteiger partial charge is 0.399 e. The van der Waals surface area contributed by atoms with Crippen molar-refractivity contribution in [2.45, 2.75) is 77.8 Å². The van der Waals surface area contributed by atoms with E-state index in [2.05, 4.69) is 221 Å². The third-order valence-corrected chi connectivity index (χ3v) is 22.3. The highest BCUT2D eigenvalue weighted by Gasteiger charge is 2.54. The monoisotopic (exact) mass is 1640 g/mol. The standard InChI is InChI=1S/C52H34N8.C34H38B2N2O4.C15H10BrN3/c1-3-15-35(16-4-1)46-34-47(36-17-5-2-6-18-36)60-52(59-46)41-28-37(39-30-48(42-19-7-11-23-53-42)57-49(31-39)43-20-8-12-24-54-43)27-38(29-41)40-32-50(44-21-9-13-25-55-44)58-51(33-40)45-22-10-14-26-56-45;1-31(2)32(3,4)40-35(39-31)26-19-25(20-27(21-26)36-41-33(5,6)34(7,8)42-36)30-37-28(23-15-11-9-12-16-23)22-29(38-30)24-17-13-10-14-18-24;16-11-9-14(12-5-1-3-7-17-12)19-15(10-11)13-6-2-4-8-18-13/h1-34H;9-22H,1-8H3;1-10H. The Labute approximate surface area is 713 Å². The minimum absolute atomic E-state index is 0.484. The predicted octanol–water partition coefficient (Wildman–Crippen LogP) is 21.9. The van der Waals surface area contributed by atoms with Crippen LogP contribution in [0.25, 0.3) is 158 Å². The van der Waals surface area contributed by atoms with Crippen LogP contribution in [-0.2, 0) is 18.6 Å². The van der Waals surface area contributed by atoms with Gasteiger partial charge in [-0.1, -0.05) is 192 Å². The fourth-order valence-corrected chi connectivity index (χ4v) is 14.5. The second-order valence-electron chi connectivity index (χ2n) is 31.4. The van der Waals surface area contributed by atoms with Crippen LogP contribution in [0.15, 0.2) is 357 Å². The van der Waals surface area contributed by atoms with Crippen LogP contribution in [0.2, 0.25) is 0 Å². The molecule has 2 fully saturated rings. The molecule has 2 aliphatic heterocycles. The van der Waals surface area contributed by atoms with Gasteiger partial charge in [-0.2, -0.15) is 0 Å². The number of halogens is 1. The van der Waals surface area contributed by atoms with E-state index in [0.29, 0.717) is 11.6 Å². The molecule has 0 radical (unpaired) electrons. The van der Waals surface area contributed by atoms with Crippen molar-refractivity contribution in [2.75, 3.05) is 0 Å². The second kappa shape index (κ2) is 34.7. The Kier molecular flexibility index (Phi) is 22.9. The number of benzene rings is 6. The summed E-state index contributed by atoms with van der Waals surface area (Å²) in [6, 6.07) is 105. The minimum atomic E-state index is -0.568. The first-order valence-corrected chi connectivity index (χ1v) is 40.8. The Morgan fingerprint density at radius 1 is 0.198 bits per heavy atom. The van der Waals surface area contributed by atoms with Crippen molar-refractivity contribution in [1.29, 1.82) is 0 Å². The molecule has 121 heavy (non-hydrogen) atoms. The number of nitrogens with zero attached hydrogens (tertiary/aromatic N) is 13. The number of rotatable bonds is 16. The summed E-state index contributed by atoms with van der Waals surface area (Å²) in [7, 11) is -1.14. The number of pyridine rings is 9. The molecule has 6 aromatic carbocycles. The molecule has 0 bridgehead atoms. The first-order valence-electron chi connectivity index (χ1n) is 40.0. The Balaban J connectivity index is 0.000000147. The molecule has 0 atom stereocenters. The van der Waals surface area contributed by atoms with Crippen molar-refractivity contribution < 1.29 is 18.6 Å². The first kappa shape index (κ1) is 79.7. The fraction of sp³-hybridized carbons (Fsp3) is 0.119. The summed E-state index contributed by atoms with van der Waals surface area (Å²) in [5.74, 6) is 1.19. The highest BCUT2D eigenvalue weighted by molar-refractivity contribution is 9.10. The van der Waals surface area contributed by atoms with Crippen molar-refractivity contribution in [3.05, 3.63) is 357 Å². The molecular weight excluding hydrogens is 1560 g/mol. The molecule has 17 nitrogen and oxygen atoms in total. The summed E-state index contributed by atoms with van der Waals surface area (Å²) >= 11 is 3.51. The van der Waals surface area contributed by atoms with Crippen LogP contribution in [0.5, 0.6) is 0 Å². The quantitative estimate of drug-likeness (QED) is 0.0825. The van der Waals surface area contributed by atoms with E-state index in [1.807, 2.05) is 200 Å². The van der Waals surface area contributed by atoms with Crippen molar-refractivity contribution >= 4 is 41.1 Å². The molecule has 19 rings (SSSR count). The van der Waals surface area contributed by atoms with Crippen LogP contribution in [0, 0.1) is 0 Å². The zero-order chi connectivity index (χ0) is 83.1. The topological polar surface area (TPSA) is 204 Å². The van der Waals surface area contributed by atoms with E-state index in [1.165, 1.54) is 0 Å². The molecule has 0 amide bonds. The van der Waals surface area contributed by atoms with Crippen LogP contribution < -0.4 is 10.9 Å². The molecule has 11 aromatic heterocycles. The molecule has 17 aromatic rings. The van der Waals surface area contributed by atoms with Gasteiger partial charge in [-0.15, -0.1) is 0 Å². The number of aromatic nitrogens is 13. The van der Waals surface area contributed by atoms with E-state index >= 15 is 0 Å². The molecule has 13 heterocycles. The lowest BCUT2D eigenvalue weighted by Gasteiger charge is -2.32. The van der Waals surface area contributed by atoms with Crippen molar-refractivity contribution in [1.82, 2.24) is 64.8 Å². The van der Waals surface area contributed by atoms with Gasteiger partial charge < -0.3 is 18.6 Å². The molecule has 20 heteroatoms. The summed E-state index contributed by atoms with van der Waals surface area (Å²) in [5.41, 5.74) is 21.9. The molecule has 0 N–H and O–H groups in total. The Morgan fingerprint density at radius 2 is 0.421 bits per heavy atom. The van der Waals surface area contributed by atoms with Gasteiger partial charge in [0.1, 0.15) is 0 Å². The van der Waals surface area contributed by atoms with Gasteiger partial charge in [0.2, 0.25) is 0 Å². The molecule has 0 aliphatic carbocycles. The lowest BCUT2D eigenvalue weighted by molar-refractivity contribution is 0.00578. The van der Waals surface area contributed by atoms with Crippen LogP contribution >= 0.6 is 15.9 Å². The SMILES string of the molecule is Brc1cc(-c2ccccn2)nc(-c2ccccn2)c1.CC1(C)OB(c2cc(B3OC(C)(C)C(C)(C)O3)cc(-c3nc(-c4ccccc4)cc(-c4ccccc4)n3)c2)OC1(C)C.c1ccc(-c2cc(-c3ccccc3)nc(-c3cc(-c4cc(-c5ccccn5)nc(-c5ccccn5)c4)cc(-c4cc(-c5ccccn5)nc(-c5ccccn5)c4)c3)n2)cc1. The highest BCUT2D eigenvalue weighted by atomic mass is 79.9. The summed E-state index contributed by atoms with van der Waals surface area (Å²) in [6.45, 7) is 16.5. The maximum atomic E-state index is 6.48. The third-order valence-electron chi connectivity index (χ3n) is 21.9. The van der Waals surface area contributed by atoms with E-state index in [4.69, 9.17) is 48.5 Å². The number of hydrogen-bond acceptors (Lipinski definition) is 17. The molecular formula is C101H82B2BrN13O4. The van der Waals surface area contributed by atoms with Crippen molar-refractivity contribution in [3.8, 4) is 158 Å². The van der Waals surface area contributed by atoms with E-state index < -0.39 is 36.6 Å². The molecule has 0 saturated carbocycles. The van der Waals surface area contributed by atoms with Gasteiger partial charge in [-0.25, -0.2) is 34.9 Å². The molecule has 588 valence electrons. The van der Waals surface area contributed by atoms with Gasteiger partial charge in [0.05, 0.1) is 114 Å². The van der Waals surface area contributed by atoms with Crippen LogP contribution in [-0.4, -0.2) is 101 Å². The van der Waals surface area contributed by atoms with E-state index in [9.17, 15) is 0 Å². The Morgan fingerprint density at radius 3 is 0.669 bits per heavy atom. The maximum Gasteiger partial charge on any atom is 0.494 e. The van der Waals surface area contributed by atoms with Crippen LogP contribution in [0.4, 0.5) is 0 Å². The lowest BCUT2D eigenvalue weighted by Crippen LogP contribution is -2.41. The molecule has 0 unspecified atom stereocenters. The average Bonchev–Trinajstić information content (AvgIpc) is 1.62. The Bertz CT molecular complexity index is 5770. The fourth-order valence-electron chi connectivity index (χ4n) is 14.1. The first-order chi connectivity index (χ1) is 58.8. The maximum absolute atomic E-state index is 6.48. The normalized spacial score (nSPS) is 14.1. The average molecular weight is 1640 g/mol. The van der Waals surface area contributed by atoms with E-state index in [0.717, 1.165) is 162 Å². The minimum Gasteiger partial charge on any atom is -0.399 e. The van der Waals surface area contributed by atoms with Crippen molar-refractivity contribution in [3.63, 3.8) is 0 Å². The van der Waals surface area contributed by atoms with E-state index in [-0.39, 0.29) is 0 Å². The third kappa shape index (κ3) is 18.2. The zero-order valence-corrected chi connectivity index (χ0v) is 69.6. The second-order valence-corrected chi connectivity index (χ2v) is 32.3. The van der Waals surface area contributed by atoms with Gasteiger partial charge in [0, 0.05) is 75.0 Å². The summed E-state index contributed by atoms with van der Waals surface area (Å²) in [4.78, 5) is 62.8. The lowest BCUT2D eigenvalue weighted by atomic mass is 9.71. The van der Waals surface area contributed by atoms with Gasteiger partial charge in [0.15, 0.2) is 11.6 Å². The zero-order valence-electron chi connectivity index (χ0n) is 68.0. The largest absolute Gasteiger partial charge is 0.494 e. The van der Waals surface area contributed by atoms with Gasteiger partial charge in [0.25, 0.3) is 0 Å². The summed E-state index contributed by atoms with van der Waals surface area (Å²) < 4.78 is 26.9.